The summed E-state index contributed by atoms with van der Waals surface area (Å²) in [5.41, 5.74) is 0.0486. The fourth-order valence-corrected chi connectivity index (χ4v) is 1.73. The lowest BCUT2D eigenvalue weighted by Gasteiger charge is -2.04. The SMILES string of the molecule is O=c1ccc(-c2cc(Cl)cc(Cl)c2F)n[nH]1. The Labute approximate surface area is 99.8 Å². The Balaban J connectivity index is 2.64. The van der Waals surface area contributed by atoms with Crippen LogP contribution in [0.25, 0.3) is 11.3 Å². The third kappa shape index (κ3) is 2.08. The molecule has 0 spiro atoms. The van der Waals surface area contributed by atoms with Crippen LogP contribution in [0.3, 0.4) is 0 Å². The highest BCUT2D eigenvalue weighted by Gasteiger charge is 2.11. The number of benzene rings is 1. The van der Waals surface area contributed by atoms with Crippen molar-refractivity contribution >= 4 is 23.2 Å². The number of H-pyrrole nitrogens is 1. The minimum atomic E-state index is -0.620. The van der Waals surface area contributed by atoms with Crippen LogP contribution < -0.4 is 5.56 Å². The van der Waals surface area contributed by atoms with E-state index in [-0.39, 0.29) is 21.8 Å². The number of nitrogens with zero attached hydrogens (tertiary/aromatic N) is 1. The molecule has 0 atom stereocenters. The summed E-state index contributed by atoms with van der Waals surface area (Å²) in [4.78, 5) is 10.8. The van der Waals surface area contributed by atoms with Crippen LogP contribution in [-0.4, -0.2) is 10.2 Å². The van der Waals surface area contributed by atoms with E-state index < -0.39 is 5.82 Å². The molecule has 1 heterocycles. The fraction of sp³-hybridized carbons (Fsp3) is 0. The molecule has 1 aromatic carbocycles. The van der Waals surface area contributed by atoms with Crippen molar-refractivity contribution in [2.24, 2.45) is 0 Å². The molecule has 82 valence electrons. The van der Waals surface area contributed by atoms with E-state index in [1.54, 1.807) is 0 Å². The zero-order chi connectivity index (χ0) is 11.7. The van der Waals surface area contributed by atoms with Crippen molar-refractivity contribution in [2.45, 2.75) is 0 Å². The first-order valence-corrected chi connectivity index (χ1v) is 5.04. The van der Waals surface area contributed by atoms with E-state index in [1.807, 2.05) is 0 Å². The molecule has 0 saturated carbocycles. The molecular formula is C10H5Cl2FN2O. The largest absolute Gasteiger partial charge is 0.268 e. The number of rotatable bonds is 1. The lowest BCUT2D eigenvalue weighted by Crippen LogP contribution is -2.06. The van der Waals surface area contributed by atoms with Gasteiger partial charge in [0, 0.05) is 16.7 Å². The van der Waals surface area contributed by atoms with Crippen LogP contribution in [0, 0.1) is 5.82 Å². The van der Waals surface area contributed by atoms with Gasteiger partial charge in [0.1, 0.15) is 0 Å². The fourth-order valence-electron chi connectivity index (χ4n) is 1.24. The van der Waals surface area contributed by atoms with Gasteiger partial charge in [0.05, 0.1) is 10.7 Å². The summed E-state index contributed by atoms with van der Waals surface area (Å²) in [6, 6.07) is 5.33. The predicted molar refractivity (Wildman–Crippen MR) is 60.3 cm³/mol. The van der Waals surface area contributed by atoms with E-state index >= 15 is 0 Å². The number of hydrogen-bond acceptors (Lipinski definition) is 2. The average molecular weight is 259 g/mol. The van der Waals surface area contributed by atoms with E-state index in [9.17, 15) is 9.18 Å². The highest BCUT2D eigenvalue weighted by molar-refractivity contribution is 6.35. The predicted octanol–water partition coefficient (Wildman–Crippen LogP) is 2.88. The molecule has 16 heavy (non-hydrogen) atoms. The Morgan fingerprint density at radius 1 is 1.25 bits per heavy atom. The summed E-state index contributed by atoms with van der Waals surface area (Å²) in [5.74, 6) is -0.620. The van der Waals surface area contributed by atoms with Gasteiger partial charge in [0.25, 0.3) is 5.56 Å². The third-order valence-electron chi connectivity index (χ3n) is 1.95. The second kappa shape index (κ2) is 4.23. The molecule has 2 aromatic rings. The minimum absolute atomic E-state index is 0.0875. The van der Waals surface area contributed by atoms with Gasteiger partial charge < -0.3 is 0 Å². The number of hydrogen-bond donors (Lipinski definition) is 1. The second-order valence-electron chi connectivity index (χ2n) is 3.06. The Morgan fingerprint density at radius 3 is 2.62 bits per heavy atom. The topological polar surface area (TPSA) is 45.8 Å². The van der Waals surface area contributed by atoms with Crippen molar-refractivity contribution in [3.63, 3.8) is 0 Å². The lowest BCUT2D eigenvalue weighted by atomic mass is 10.1. The van der Waals surface area contributed by atoms with E-state index in [0.717, 1.165) is 0 Å². The molecule has 1 N–H and O–H groups in total. The zero-order valence-corrected chi connectivity index (χ0v) is 9.31. The van der Waals surface area contributed by atoms with Crippen LogP contribution in [0.4, 0.5) is 4.39 Å². The van der Waals surface area contributed by atoms with Gasteiger partial charge in [-0.15, -0.1) is 0 Å². The van der Waals surface area contributed by atoms with E-state index in [2.05, 4.69) is 10.2 Å². The number of aromatic nitrogens is 2. The maximum absolute atomic E-state index is 13.6. The van der Waals surface area contributed by atoms with Gasteiger partial charge in [-0.25, -0.2) is 9.49 Å². The van der Waals surface area contributed by atoms with E-state index in [0.29, 0.717) is 5.02 Å². The highest BCUT2D eigenvalue weighted by Crippen LogP contribution is 2.29. The van der Waals surface area contributed by atoms with Crippen LogP contribution in [0.2, 0.25) is 10.0 Å². The van der Waals surface area contributed by atoms with Crippen molar-refractivity contribution in [3.8, 4) is 11.3 Å². The van der Waals surface area contributed by atoms with E-state index in [1.165, 1.54) is 24.3 Å². The van der Waals surface area contributed by atoms with Gasteiger partial charge in [-0.1, -0.05) is 23.2 Å². The molecule has 0 aliphatic carbocycles. The molecule has 0 unspecified atom stereocenters. The smallest absolute Gasteiger partial charge is 0.264 e. The molecule has 0 bridgehead atoms. The van der Waals surface area contributed by atoms with Crippen molar-refractivity contribution < 1.29 is 4.39 Å². The van der Waals surface area contributed by atoms with E-state index in [4.69, 9.17) is 23.2 Å². The molecule has 1 aromatic heterocycles. The van der Waals surface area contributed by atoms with Crippen molar-refractivity contribution in [1.82, 2.24) is 10.2 Å². The third-order valence-corrected chi connectivity index (χ3v) is 2.44. The summed E-state index contributed by atoms with van der Waals surface area (Å²) >= 11 is 11.4. The van der Waals surface area contributed by atoms with Crippen LogP contribution >= 0.6 is 23.2 Å². The Hall–Kier alpha value is -1.39. The van der Waals surface area contributed by atoms with Gasteiger partial charge >= 0.3 is 0 Å². The number of aromatic amines is 1. The molecule has 6 heteroatoms. The monoisotopic (exact) mass is 258 g/mol. The normalized spacial score (nSPS) is 10.4. The van der Waals surface area contributed by atoms with Crippen LogP contribution in [0.1, 0.15) is 0 Å². The standard InChI is InChI=1S/C10H5Cl2FN2O/c11-5-3-6(10(13)7(12)4-5)8-1-2-9(16)15-14-8/h1-4H,(H,15,16). The molecule has 0 saturated heterocycles. The van der Waals surface area contributed by atoms with Crippen LogP contribution in [-0.2, 0) is 0 Å². The van der Waals surface area contributed by atoms with Gasteiger partial charge in [-0.3, -0.25) is 4.79 Å². The molecule has 0 amide bonds. The molecule has 2 rings (SSSR count). The second-order valence-corrected chi connectivity index (χ2v) is 3.90. The van der Waals surface area contributed by atoms with Gasteiger partial charge in [-0.05, 0) is 18.2 Å². The number of halogens is 3. The average Bonchev–Trinajstić information content (AvgIpc) is 2.25. The first-order valence-electron chi connectivity index (χ1n) is 4.28. The molecule has 3 nitrogen and oxygen atoms in total. The van der Waals surface area contributed by atoms with Gasteiger partial charge in [0.15, 0.2) is 5.82 Å². The van der Waals surface area contributed by atoms with Crippen molar-refractivity contribution in [2.75, 3.05) is 0 Å². The lowest BCUT2D eigenvalue weighted by molar-refractivity contribution is 0.630. The highest BCUT2D eigenvalue weighted by atomic mass is 35.5. The Morgan fingerprint density at radius 2 is 2.00 bits per heavy atom. The summed E-state index contributed by atoms with van der Waals surface area (Å²) in [6.07, 6.45) is 0. The van der Waals surface area contributed by atoms with Gasteiger partial charge in [-0.2, -0.15) is 5.10 Å². The molecule has 0 aliphatic heterocycles. The summed E-state index contributed by atoms with van der Waals surface area (Å²) in [6.45, 7) is 0. The van der Waals surface area contributed by atoms with Crippen molar-refractivity contribution in [1.29, 1.82) is 0 Å². The van der Waals surface area contributed by atoms with Gasteiger partial charge in [0.2, 0.25) is 0 Å². The zero-order valence-electron chi connectivity index (χ0n) is 7.80. The summed E-state index contributed by atoms with van der Waals surface area (Å²) in [7, 11) is 0. The number of nitrogens with one attached hydrogen (secondary N) is 1. The maximum Gasteiger partial charge on any atom is 0.264 e. The Bertz CT molecular complexity index is 577. The van der Waals surface area contributed by atoms with Crippen LogP contribution in [0.5, 0.6) is 0 Å². The molecule has 0 radical (unpaired) electrons. The van der Waals surface area contributed by atoms with Crippen molar-refractivity contribution in [3.05, 3.63) is 50.5 Å². The summed E-state index contributed by atoms with van der Waals surface area (Å²) < 4.78 is 13.6. The minimum Gasteiger partial charge on any atom is -0.268 e. The quantitative estimate of drug-likeness (QED) is 0.800. The first-order chi connectivity index (χ1) is 7.58. The first kappa shape index (κ1) is 11.1. The van der Waals surface area contributed by atoms with Crippen LogP contribution in [0.15, 0.2) is 29.1 Å². The molecule has 0 fully saturated rings. The molecular weight excluding hydrogens is 254 g/mol. The molecule has 0 aliphatic rings. The summed E-state index contributed by atoms with van der Waals surface area (Å²) in [5, 5.41) is 6.12. The Kier molecular flexibility index (Phi) is 2.94. The maximum atomic E-state index is 13.6.